The molecule has 2 amide bonds. The Labute approximate surface area is 220 Å². The lowest BCUT2D eigenvalue weighted by Gasteiger charge is -2.25. The van der Waals surface area contributed by atoms with Crippen LogP contribution in [0.3, 0.4) is 0 Å². The van der Waals surface area contributed by atoms with Crippen LogP contribution in [-0.4, -0.2) is 69.0 Å². The number of likely N-dealkylation sites (N-methyl/N-ethyl adjacent to an activating group) is 1. The summed E-state index contributed by atoms with van der Waals surface area (Å²) in [4.78, 5) is 30.2. The standard InChI is InChI=1S/C25H31Cl2N3O6/c1-25(2,24(32)29-4)36-22-13-21(19(12-20(22)27)23(31)28-3)33-11-5-10-30-14-18(15-34-30)35-17-8-6-16(26)7-9-17/h6-9,12-13,18H,5,10-11,14-15H2,1-4H3,(H,28,31)(H,29,32). The number of halogens is 2. The van der Waals surface area contributed by atoms with E-state index in [1.807, 2.05) is 17.2 Å². The molecule has 1 atom stereocenters. The predicted octanol–water partition coefficient (Wildman–Crippen LogP) is 3.72. The fourth-order valence-electron chi connectivity index (χ4n) is 3.54. The Morgan fingerprint density at radius 2 is 1.83 bits per heavy atom. The molecule has 1 saturated heterocycles. The fraction of sp³-hybridized carbons (Fsp3) is 0.440. The highest BCUT2D eigenvalue weighted by Crippen LogP contribution is 2.35. The van der Waals surface area contributed by atoms with Crippen LogP contribution in [-0.2, 0) is 9.63 Å². The third-order valence-corrected chi connectivity index (χ3v) is 5.97. The number of nitrogens with zero attached hydrogens (tertiary/aromatic N) is 1. The average molecular weight is 540 g/mol. The van der Waals surface area contributed by atoms with E-state index in [2.05, 4.69) is 10.6 Å². The van der Waals surface area contributed by atoms with Crippen LogP contribution in [0.15, 0.2) is 36.4 Å². The SMILES string of the molecule is CNC(=O)c1cc(Cl)c(OC(C)(C)C(=O)NC)cc1OCCCN1CC(Oc2ccc(Cl)cc2)CO1. The van der Waals surface area contributed by atoms with Gasteiger partial charge in [-0.25, -0.2) is 0 Å². The van der Waals surface area contributed by atoms with Crippen LogP contribution in [0.2, 0.25) is 10.0 Å². The molecule has 36 heavy (non-hydrogen) atoms. The van der Waals surface area contributed by atoms with E-state index in [4.69, 9.17) is 42.3 Å². The van der Waals surface area contributed by atoms with E-state index in [1.54, 1.807) is 26.0 Å². The van der Waals surface area contributed by atoms with Crippen molar-refractivity contribution in [3.05, 3.63) is 52.0 Å². The summed E-state index contributed by atoms with van der Waals surface area (Å²) < 4.78 is 17.7. The second-order valence-electron chi connectivity index (χ2n) is 8.63. The van der Waals surface area contributed by atoms with E-state index >= 15 is 0 Å². The van der Waals surface area contributed by atoms with Gasteiger partial charge in [-0.15, -0.1) is 0 Å². The quantitative estimate of drug-likeness (QED) is 0.420. The molecule has 1 fully saturated rings. The first kappa shape index (κ1) is 27.9. The number of carbonyl (C=O) groups is 2. The topological polar surface area (TPSA) is 98.4 Å². The smallest absolute Gasteiger partial charge is 0.263 e. The van der Waals surface area contributed by atoms with Gasteiger partial charge in [0.15, 0.2) is 5.60 Å². The number of carbonyl (C=O) groups excluding carboxylic acids is 2. The first-order valence-electron chi connectivity index (χ1n) is 11.5. The number of hydroxylamine groups is 2. The maximum Gasteiger partial charge on any atom is 0.263 e. The number of ether oxygens (including phenoxy) is 3. The summed E-state index contributed by atoms with van der Waals surface area (Å²) >= 11 is 12.3. The van der Waals surface area contributed by atoms with Crippen LogP contribution >= 0.6 is 23.2 Å². The third-order valence-electron chi connectivity index (χ3n) is 5.42. The van der Waals surface area contributed by atoms with Gasteiger partial charge in [-0.2, -0.15) is 5.06 Å². The first-order valence-corrected chi connectivity index (χ1v) is 12.3. The minimum atomic E-state index is -1.18. The Morgan fingerprint density at radius 1 is 1.11 bits per heavy atom. The van der Waals surface area contributed by atoms with Crippen LogP contribution in [0.5, 0.6) is 17.2 Å². The van der Waals surface area contributed by atoms with Gasteiger partial charge in [0.05, 0.1) is 23.7 Å². The molecule has 0 radical (unpaired) electrons. The first-order chi connectivity index (χ1) is 17.1. The largest absolute Gasteiger partial charge is 0.493 e. The summed E-state index contributed by atoms with van der Waals surface area (Å²) in [6, 6.07) is 10.2. The van der Waals surface area contributed by atoms with Gasteiger partial charge in [-0.05, 0) is 50.6 Å². The van der Waals surface area contributed by atoms with Gasteiger partial charge < -0.3 is 24.8 Å². The number of nitrogens with one attached hydrogen (secondary N) is 2. The van der Waals surface area contributed by atoms with E-state index in [0.717, 1.165) is 5.75 Å². The highest BCUT2D eigenvalue weighted by Gasteiger charge is 2.30. The lowest BCUT2D eigenvalue weighted by Crippen LogP contribution is -2.45. The van der Waals surface area contributed by atoms with Gasteiger partial charge in [-0.3, -0.25) is 14.4 Å². The zero-order chi connectivity index (χ0) is 26.3. The van der Waals surface area contributed by atoms with E-state index < -0.39 is 5.60 Å². The molecule has 11 heteroatoms. The molecule has 196 valence electrons. The van der Waals surface area contributed by atoms with Gasteiger partial charge in [0.2, 0.25) is 0 Å². The van der Waals surface area contributed by atoms with Crippen LogP contribution < -0.4 is 24.8 Å². The van der Waals surface area contributed by atoms with Crippen molar-refractivity contribution in [2.75, 3.05) is 40.4 Å². The van der Waals surface area contributed by atoms with Crippen molar-refractivity contribution in [3.63, 3.8) is 0 Å². The fourth-order valence-corrected chi connectivity index (χ4v) is 3.87. The van der Waals surface area contributed by atoms with Crippen molar-refractivity contribution >= 4 is 35.0 Å². The maximum atomic E-state index is 12.4. The van der Waals surface area contributed by atoms with Crippen molar-refractivity contribution in [2.45, 2.75) is 32.0 Å². The number of benzene rings is 2. The summed E-state index contributed by atoms with van der Waals surface area (Å²) in [7, 11) is 3.04. The number of rotatable bonds is 11. The van der Waals surface area contributed by atoms with Crippen LogP contribution in [0.25, 0.3) is 0 Å². The van der Waals surface area contributed by atoms with Crippen LogP contribution in [0.1, 0.15) is 30.6 Å². The van der Waals surface area contributed by atoms with E-state index in [1.165, 1.54) is 26.2 Å². The molecule has 1 aliphatic heterocycles. The molecule has 0 spiro atoms. The lowest BCUT2D eigenvalue weighted by molar-refractivity contribution is -0.133. The van der Waals surface area contributed by atoms with Gasteiger partial charge in [0.1, 0.15) is 30.0 Å². The summed E-state index contributed by atoms with van der Waals surface area (Å²) in [5, 5.41) is 7.80. The number of hydrogen-bond acceptors (Lipinski definition) is 7. The second kappa shape index (κ2) is 12.5. The Kier molecular flexibility index (Phi) is 9.67. The molecule has 0 saturated carbocycles. The molecule has 1 aliphatic rings. The minimum Gasteiger partial charge on any atom is -0.493 e. The van der Waals surface area contributed by atoms with Crippen molar-refractivity contribution in [2.24, 2.45) is 0 Å². The average Bonchev–Trinajstić information content (AvgIpc) is 3.30. The predicted molar refractivity (Wildman–Crippen MR) is 137 cm³/mol. The maximum absolute atomic E-state index is 12.4. The molecule has 0 aromatic heterocycles. The van der Waals surface area contributed by atoms with E-state index in [-0.39, 0.29) is 34.3 Å². The molecule has 2 aromatic carbocycles. The molecule has 2 aromatic rings. The molecular weight excluding hydrogens is 509 g/mol. The van der Waals surface area contributed by atoms with Crippen LogP contribution in [0, 0.1) is 0 Å². The van der Waals surface area contributed by atoms with E-state index in [9.17, 15) is 9.59 Å². The Balaban J connectivity index is 1.57. The summed E-state index contributed by atoms with van der Waals surface area (Å²) in [6.07, 6.45) is 0.537. The normalized spacial score (nSPS) is 15.9. The molecule has 1 heterocycles. The minimum absolute atomic E-state index is 0.0911. The Morgan fingerprint density at radius 3 is 2.50 bits per heavy atom. The van der Waals surface area contributed by atoms with Crippen molar-refractivity contribution in [1.82, 2.24) is 15.7 Å². The number of hydrogen-bond donors (Lipinski definition) is 2. The lowest BCUT2D eigenvalue weighted by atomic mass is 10.1. The molecule has 1 unspecified atom stereocenters. The van der Waals surface area contributed by atoms with E-state index in [0.29, 0.717) is 43.5 Å². The molecule has 3 rings (SSSR count). The molecule has 0 aliphatic carbocycles. The number of amides is 2. The summed E-state index contributed by atoms with van der Waals surface area (Å²) in [5.41, 5.74) is -0.913. The summed E-state index contributed by atoms with van der Waals surface area (Å²) in [6.45, 7) is 5.22. The van der Waals surface area contributed by atoms with Crippen molar-refractivity contribution in [1.29, 1.82) is 0 Å². The molecule has 9 nitrogen and oxygen atoms in total. The molecule has 2 N–H and O–H groups in total. The highest BCUT2D eigenvalue weighted by molar-refractivity contribution is 6.32. The molecular formula is C25H31Cl2N3O6. The third kappa shape index (κ3) is 7.39. The Hall–Kier alpha value is -2.72. The Bertz CT molecular complexity index is 1060. The van der Waals surface area contributed by atoms with Crippen molar-refractivity contribution < 1.29 is 28.6 Å². The zero-order valence-electron chi connectivity index (χ0n) is 20.7. The monoisotopic (exact) mass is 539 g/mol. The van der Waals surface area contributed by atoms with Gasteiger partial charge in [0, 0.05) is 31.7 Å². The van der Waals surface area contributed by atoms with Gasteiger partial charge >= 0.3 is 0 Å². The van der Waals surface area contributed by atoms with Gasteiger partial charge in [0.25, 0.3) is 11.8 Å². The molecule has 0 bridgehead atoms. The van der Waals surface area contributed by atoms with Crippen molar-refractivity contribution in [3.8, 4) is 17.2 Å². The van der Waals surface area contributed by atoms with Crippen LogP contribution in [0.4, 0.5) is 0 Å². The highest BCUT2D eigenvalue weighted by atomic mass is 35.5. The summed E-state index contributed by atoms with van der Waals surface area (Å²) in [5.74, 6) is 0.598. The van der Waals surface area contributed by atoms with Gasteiger partial charge in [-0.1, -0.05) is 23.2 Å². The second-order valence-corrected chi connectivity index (χ2v) is 9.47. The zero-order valence-corrected chi connectivity index (χ0v) is 22.2.